The molecule has 1 fully saturated rings. The van der Waals surface area contributed by atoms with Gasteiger partial charge in [0.15, 0.2) is 0 Å². The first-order valence-electron chi connectivity index (χ1n) is 7.91. The molecule has 1 atom stereocenters. The van der Waals surface area contributed by atoms with Crippen molar-refractivity contribution in [2.45, 2.75) is 19.1 Å². The van der Waals surface area contributed by atoms with Crippen molar-refractivity contribution in [2.75, 3.05) is 19.7 Å². The van der Waals surface area contributed by atoms with Crippen molar-refractivity contribution >= 4 is 23.5 Å². The molecular weight excluding hydrogens is 346 g/mol. The van der Waals surface area contributed by atoms with Crippen molar-refractivity contribution in [3.05, 3.63) is 52.8 Å². The van der Waals surface area contributed by atoms with Crippen LogP contribution in [0, 0.1) is 0 Å². The summed E-state index contributed by atoms with van der Waals surface area (Å²) < 4.78 is 7.05. The molecule has 1 amide bonds. The zero-order valence-corrected chi connectivity index (χ0v) is 14.2. The largest absolute Gasteiger partial charge is 0.481 e. The molecule has 3 rings (SSSR count). The fraction of sp³-hybridized carbons (Fsp3) is 0.353. The molecule has 1 aliphatic rings. The van der Waals surface area contributed by atoms with Crippen molar-refractivity contribution in [2.24, 2.45) is 0 Å². The zero-order chi connectivity index (χ0) is 17.8. The number of benzene rings is 1. The summed E-state index contributed by atoms with van der Waals surface area (Å²) in [6, 6.07) is 7.47. The second-order valence-corrected chi connectivity index (χ2v) is 6.27. The number of nitrogens with zero attached hydrogens (tertiary/aromatic N) is 3. The standard InChI is InChI=1S/C17H18ClN3O4/c18-15-4-2-1-3-12(15)9-21-10-13(8-19-21)17(24)20-5-6-25-14(11-20)7-16(22)23/h1-4,8,10,14H,5-7,9,11H2,(H,22,23). The number of ether oxygens (including phenoxy) is 1. The van der Waals surface area contributed by atoms with E-state index in [2.05, 4.69) is 5.10 Å². The third-order valence-corrected chi connectivity index (χ3v) is 4.37. The summed E-state index contributed by atoms with van der Waals surface area (Å²) in [6.45, 7) is 1.50. The van der Waals surface area contributed by atoms with Gasteiger partial charge in [-0.2, -0.15) is 5.10 Å². The lowest BCUT2D eigenvalue weighted by molar-refractivity contribution is -0.141. The average Bonchev–Trinajstić information content (AvgIpc) is 3.04. The Morgan fingerprint density at radius 1 is 1.36 bits per heavy atom. The van der Waals surface area contributed by atoms with Crippen LogP contribution < -0.4 is 0 Å². The van der Waals surface area contributed by atoms with E-state index < -0.39 is 12.1 Å². The van der Waals surface area contributed by atoms with Gasteiger partial charge in [-0.3, -0.25) is 14.3 Å². The van der Waals surface area contributed by atoms with E-state index in [-0.39, 0.29) is 18.9 Å². The normalized spacial score (nSPS) is 17.5. The van der Waals surface area contributed by atoms with Crippen LogP contribution in [0.15, 0.2) is 36.7 Å². The van der Waals surface area contributed by atoms with Gasteiger partial charge in [-0.1, -0.05) is 29.8 Å². The maximum Gasteiger partial charge on any atom is 0.306 e. The maximum atomic E-state index is 12.6. The number of hydrogen-bond acceptors (Lipinski definition) is 4. The third-order valence-electron chi connectivity index (χ3n) is 4.00. The molecule has 0 bridgehead atoms. The van der Waals surface area contributed by atoms with Crippen molar-refractivity contribution in [3.63, 3.8) is 0 Å². The molecule has 0 aliphatic carbocycles. The lowest BCUT2D eigenvalue weighted by atomic mass is 10.2. The highest BCUT2D eigenvalue weighted by atomic mass is 35.5. The average molecular weight is 364 g/mol. The Hall–Kier alpha value is -2.38. The number of halogens is 1. The Bertz CT molecular complexity index is 777. The third kappa shape index (κ3) is 4.37. The van der Waals surface area contributed by atoms with Crippen molar-refractivity contribution in [3.8, 4) is 0 Å². The molecule has 132 valence electrons. The van der Waals surface area contributed by atoms with E-state index in [0.29, 0.717) is 30.3 Å². The second-order valence-electron chi connectivity index (χ2n) is 5.86. The number of amides is 1. The molecule has 1 saturated heterocycles. The van der Waals surface area contributed by atoms with Crippen molar-refractivity contribution in [1.82, 2.24) is 14.7 Å². The molecule has 1 aromatic carbocycles. The first kappa shape index (κ1) is 17.4. The molecule has 1 N–H and O–H groups in total. The molecule has 0 saturated carbocycles. The van der Waals surface area contributed by atoms with Gasteiger partial charge < -0.3 is 14.7 Å². The SMILES string of the molecule is O=C(O)CC1CN(C(=O)c2cnn(Cc3ccccc3Cl)c2)CCO1. The number of carboxylic acids is 1. The Morgan fingerprint density at radius 2 is 2.16 bits per heavy atom. The molecule has 2 heterocycles. The van der Waals surface area contributed by atoms with Crippen LogP contribution in [0.1, 0.15) is 22.3 Å². The summed E-state index contributed by atoms with van der Waals surface area (Å²) in [5.74, 6) is -1.11. The van der Waals surface area contributed by atoms with E-state index in [1.807, 2.05) is 24.3 Å². The number of carbonyl (C=O) groups is 2. The molecule has 2 aromatic rings. The van der Waals surface area contributed by atoms with Crippen molar-refractivity contribution < 1.29 is 19.4 Å². The van der Waals surface area contributed by atoms with Crippen LogP contribution in [0.5, 0.6) is 0 Å². The number of hydrogen-bond donors (Lipinski definition) is 1. The Labute approximate surface area is 149 Å². The van der Waals surface area contributed by atoms with Gasteiger partial charge in [0, 0.05) is 24.3 Å². The lowest BCUT2D eigenvalue weighted by Crippen LogP contribution is -2.46. The van der Waals surface area contributed by atoms with E-state index in [1.54, 1.807) is 15.8 Å². The molecule has 1 unspecified atom stereocenters. The topological polar surface area (TPSA) is 84.7 Å². The molecule has 25 heavy (non-hydrogen) atoms. The molecular formula is C17H18ClN3O4. The number of morpholine rings is 1. The minimum atomic E-state index is -0.938. The summed E-state index contributed by atoms with van der Waals surface area (Å²) in [7, 11) is 0. The van der Waals surface area contributed by atoms with Gasteiger partial charge in [-0.15, -0.1) is 0 Å². The zero-order valence-electron chi connectivity index (χ0n) is 13.5. The van der Waals surface area contributed by atoms with Gasteiger partial charge >= 0.3 is 5.97 Å². The first-order valence-corrected chi connectivity index (χ1v) is 8.29. The molecule has 1 aromatic heterocycles. The Morgan fingerprint density at radius 3 is 2.92 bits per heavy atom. The van der Waals surface area contributed by atoms with Crippen molar-refractivity contribution in [1.29, 1.82) is 0 Å². The van der Waals surface area contributed by atoms with Gasteiger partial charge in [-0.05, 0) is 11.6 Å². The Kier molecular flexibility index (Phi) is 5.35. The van der Waals surface area contributed by atoms with E-state index >= 15 is 0 Å². The van der Waals surface area contributed by atoms with Crippen LogP contribution in [0.3, 0.4) is 0 Å². The van der Waals surface area contributed by atoms with Gasteiger partial charge in [0.05, 0.1) is 37.4 Å². The first-order chi connectivity index (χ1) is 12.0. The minimum absolute atomic E-state index is 0.116. The lowest BCUT2D eigenvalue weighted by Gasteiger charge is -2.32. The van der Waals surface area contributed by atoms with E-state index in [0.717, 1.165) is 5.56 Å². The summed E-state index contributed by atoms with van der Waals surface area (Å²) >= 11 is 6.14. The summed E-state index contributed by atoms with van der Waals surface area (Å²) in [5, 5.41) is 13.7. The molecule has 8 heteroatoms. The number of carbonyl (C=O) groups excluding carboxylic acids is 1. The van der Waals surface area contributed by atoms with Gasteiger partial charge in [0.1, 0.15) is 0 Å². The molecule has 0 spiro atoms. The van der Waals surface area contributed by atoms with Gasteiger partial charge in [-0.25, -0.2) is 0 Å². The maximum absolute atomic E-state index is 12.6. The number of aliphatic carboxylic acids is 1. The van der Waals surface area contributed by atoms with Gasteiger partial charge in [0.2, 0.25) is 0 Å². The smallest absolute Gasteiger partial charge is 0.306 e. The minimum Gasteiger partial charge on any atom is -0.481 e. The number of aromatic nitrogens is 2. The molecule has 1 aliphatic heterocycles. The number of carboxylic acid groups (broad SMARTS) is 1. The van der Waals surface area contributed by atoms with Crippen LogP contribution in [-0.2, 0) is 16.1 Å². The van der Waals surface area contributed by atoms with Crippen LogP contribution in [-0.4, -0.2) is 57.5 Å². The highest BCUT2D eigenvalue weighted by molar-refractivity contribution is 6.31. The second kappa shape index (κ2) is 7.67. The summed E-state index contributed by atoms with van der Waals surface area (Å²) in [5.41, 5.74) is 1.38. The summed E-state index contributed by atoms with van der Waals surface area (Å²) in [4.78, 5) is 25.0. The predicted molar refractivity (Wildman–Crippen MR) is 90.7 cm³/mol. The highest BCUT2D eigenvalue weighted by Gasteiger charge is 2.27. The van der Waals surface area contributed by atoms with E-state index in [9.17, 15) is 9.59 Å². The fourth-order valence-corrected chi connectivity index (χ4v) is 2.96. The fourth-order valence-electron chi connectivity index (χ4n) is 2.77. The number of rotatable bonds is 5. The monoisotopic (exact) mass is 363 g/mol. The van der Waals surface area contributed by atoms with E-state index in [4.69, 9.17) is 21.4 Å². The van der Waals surface area contributed by atoms with Crippen LogP contribution in [0.25, 0.3) is 0 Å². The van der Waals surface area contributed by atoms with Crippen LogP contribution in [0.2, 0.25) is 5.02 Å². The van der Waals surface area contributed by atoms with E-state index in [1.165, 1.54) is 6.20 Å². The molecule has 0 radical (unpaired) electrons. The highest BCUT2D eigenvalue weighted by Crippen LogP contribution is 2.17. The molecule has 7 nitrogen and oxygen atoms in total. The Balaban J connectivity index is 1.66. The van der Waals surface area contributed by atoms with Crippen LogP contribution >= 0.6 is 11.6 Å². The predicted octanol–water partition coefficient (Wildman–Crippen LogP) is 1.90. The summed E-state index contributed by atoms with van der Waals surface area (Å²) in [6.07, 6.45) is 2.59. The van der Waals surface area contributed by atoms with Crippen LogP contribution in [0.4, 0.5) is 0 Å². The van der Waals surface area contributed by atoms with Gasteiger partial charge in [0.25, 0.3) is 5.91 Å². The quantitative estimate of drug-likeness (QED) is 0.877.